The maximum Gasteiger partial charge on any atom is 0.270 e. The fourth-order valence-corrected chi connectivity index (χ4v) is 5.11. The number of pyridine rings is 1. The number of nitrogens with one attached hydrogen (secondary N) is 1. The fourth-order valence-electron chi connectivity index (χ4n) is 4.86. The van der Waals surface area contributed by atoms with Crippen LogP contribution in [0.5, 0.6) is 0 Å². The molecule has 0 radical (unpaired) electrons. The molecule has 2 aliphatic heterocycles. The van der Waals surface area contributed by atoms with Gasteiger partial charge in [0.2, 0.25) is 0 Å². The van der Waals surface area contributed by atoms with E-state index in [2.05, 4.69) is 20.1 Å². The maximum atomic E-state index is 13.0. The molecule has 1 N–H and O–H groups in total. The van der Waals surface area contributed by atoms with Gasteiger partial charge in [-0.15, -0.1) is 0 Å². The quantitative estimate of drug-likeness (QED) is 0.506. The van der Waals surface area contributed by atoms with E-state index in [9.17, 15) is 9.59 Å². The van der Waals surface area contributed by atoms with Crippen LogP contribution in [0.4, 0.5) is 5.69 Å². The number of aromatic nitrogens is 1. The maximum absolute atomic E-state index is 13.0. The molecule has 37 heavy (non-hydrogen) atoms. The zero-order chi connectivity index (χ0) is 25.8. The van der Waals surface area contributed by atoms with Gasteiger partial charge in [0.1, 0.15) is 5.69 Å². The Morgan fingerprint density at radius 3 is 2.19 bits per heavy atom. The first-order valence-corrected chi connectivity index (χ1v) is 13.2. The SMILES string of the molecule is O=C(N[C@H]1CCN(Cc2ccc(Cl)cc2)C1)c1ccc(C(=O)N2CCN(c3ccc(Cl)cc3)CC2)cn1. The molecule has 0 unspecified atom stereocenters. The van der Waals surface area contributed by atoms with Crippen LogP contribution in [0.1, 0.15) is 32.8 Å². The Morgan fingerprint density at radius 2 is 1.54 bits per heavy atom. The van der Waals surface area contributed by atoms with E-state index in [1.54, 1.807) is 12.1 Å². The standard InChI is InChI=1S/C28H29Cl2N5O2/c29-22-4-1-20(2-5-22)18-33-12-11-24(19-33)32-27(36)26-10-3-21(17-31-26)28(37)35-15-13-34(14-16-35)25-8-6-23(30)7-9-25/h1-10,17,24H,11-16,18-19H2,(H,32,36)/t24-/m0/s1. The summed E-state index contributed by atoms with van der Waals surface area (Å²) in [5, 5.41) is 4.52. The monoisotopic (exact) mass is 537 g/mol. The molecule has 0 saturated carbocycles. The van der Waals surface area contributed by atoms with Gasteiger partial charge >= 0.3 is 0 Å². The molecule has 5 rings (SSSR count). The Hall–Kier alpha value is -3.13. The van der Waals surface area contributed by atoms with Gasteiger partial charge in [-0.3, -0.25) is 19.5 Å². The van der Waals surface area contributed by atoms with Gasteiger partial charge in [-0.1, -0.05) is 35.3 Å². The molecule has 1 atom stereocenters. The highest BCUT2D eigenvalue weighted by molar-refractivity contribution is 6.30. The van der Waals surface area contributed by atoms with E-state index in [1.165, 1.54) is 11.8 Å². The van der Waals surface area contributed by atoms with Gasteiger partial charge in [-0.2, -0.15) is 0 Å². The molecule has 2 aromatic carbocycles. The highest BCUT2D eigenvalue weighted by Crippen LogP contribution is 2.20. The van der Waals surface area contributed by atoms with Gasteiger partial charge in [0.25, 0.3) is 11.8 Å². The molecule has 7 nitrogen and oxygen atoms in total. The number of piperazine rings is 1. The van der Waals surface area contributed by atoms with Gasteiger partial charge in [0, 0.05) is 73.8 Å². The molecule has 3 aromatic rings. The number of likely N-dealkylation sites (tertiary alicyclic amines) is 1. The second-order valence-electron chi connectivity index (χ2n) is 9.51. The van der Waals surface area contributed by atoms with E-state index in [1.807, 2.05) is 53.4 Å². The first-order chi connectivity index (χ1) is 17.9. The Labute approximate surface area is 227 Å². The third-order valence-electron chi connectivity index (χ3n) is 6.93. The predicted molar refractivity (Wildman–Crippen MR) is 146 cm³/mol. The second-order valence-corrected chi connectivity index (χ2v) is 10.4. The van der Waals surface area contributed by atoms with Gasteiger partial charge in [-0.25, -0.2) is 0 Å². The zero-order valence-corrected chi connectivity index (χ0v) is 22.0. The topological polar surface area (TPSA) is 68.8 Å². The third-order valence-corrected chi connectivity index (χ3v) is 7.43. The number of halogens is 2. The first-order valence-electron chi connectivity index (χ1n) is 12.5. The summed E-state index contributed by atoms with van der Waals surface area (Å²) < 4.78 is 0. The van der Waals surface area contributed by atoms with Crippen LogP contribution in [0, 0.1) is 0 Å². The number of hydrogen-bond donors (Lipinski definition) is 1. The average Bonchev–Trinajstić information content (AvgIpc) is 3.36. The van der Waals surface area contributed by atoms with Crippen molar-refractivity contribution in [2.24, 2.45) is 0 Å². The molecule has 2 saturated heterocycles. The molecule has 3 heterocycles. The predicted octanol–water partition coefficient (Wildman–Crippen LogP) is 4.36. The molecule has 2 fully saturated rings. The molecule has 0 aliphatic carbocycles. The van der Waals surface area contributed by atoms with Crippen LogP contribution in [0.3, 0.4) is 0 Å². The fraction of sp³-hybridized carbons (Fsp3) is 0.321. The number of carbonyl (C=O) groups excluding carboxylic acids is 2. The van der Waals surface area contributed by atoms with Crippen molar-refractivity contribution in [3.8, 4) is 0 Å². The van der Waals surface area contributed by atoms with E-state index in [-0.39, 0.29) is 17.9 Å². The van der Waals surface area contributed by atoms with E-state index < -0.39 is 0 Å². The van der Waals surface area contributed by atoms with E-state index >= 15 is 0 Å². The molecule has 0 bridgehead atoms. The Bertz CT molecular complexity index is 1230. The summed E-state index contributed by atoms with van der Waals surface area (Å²) >= 11 is 12.0. The summed E-state index contributed by atoms with van der Waals surface area (Å²) in [7, 11) is 0. The van der Waals surface area contributed by atoms with Crippen LogP contribution in [-0.2, 0) is 6.54 Å². The van der Waals surface area contributed by atoms with Crippen LogP contribution in [0.2, 0.25) is 10.0 Å². The van der Waals surface area contributed by atoms with Gasteiger partial charge in [0.15, 0.2) is 0 Å². The molecule has 9 heteroatoms. The smallest absolute Gasteiger partial charge is 0.270 e. The number of anilines is 1. The van der Waals surface area contributed by atoms with Crippen molar-refractivity contribution >= 4 is 40.7 Å². The highest BCUT2D eigenvalue weighted by atomic mass is 35.5. The molecular formula is C28H29Cl2N5O2. The third kappa shape index (κ3) is 6.42. The van der Waals surface area contributed by atoms with Gasteiger partial charge < -0.3 is 15.1 Å². The first kappa shape index (κ1) is 25.5. The van der Waals surface area contributed by atoms with Crippen molar-refractivity contribution in [1.82, 2.24) is 20.1 Å². The molecular weight excluding hydrogens is 509 g/mol. The molecule has 192 valence electrons. The van der Waals surface area contributed by atoms with E-state index in [0.29, 0.717) is 29.4 Å². The van der Waals surface area contributed by atoms with E-state index in [4.69, 9.17) is 23.2 Å². The van der Waals surface area contributed by atoms with Gasteiger partial charge in [0.05, 0.1) is 5.56 Å². The van der Waals surface area contributed by atoms with E-state index in [0.717, 1.165) is 49.9 Å². The van der Waals surface area contributed by atoms with Crippen molar-refractivity contribution in [2.45, 2.75) is 19.0 Å². The summed E-state index contributed by atoms with van der Waals surface area (Å²) in [4.78, 5) is 36.4. The number of rotatable bonds is 6. The number of hydrogen-bond acceptors (Lipinski definition) is 5. The lowest BCUT2D eigenvalue weighted by atomic mass is 10.2. The molecule has 2 aliphatic rings. The number of amides is 2. The van der Waals surface area contributed by atoms with Crippen LogP contribution >= 0.6 is 23.2 Å². The lowest BCUT2D eigenvalue weighted by molar-refractivity contribution is 0.0745. The molecule has 1 aromatic heterocycles. The highest BCUT2D eigenvalue weighted by Gasteiger charge is 2.26. The summed E-state index contributed by atoms with van der Waals surface area (Å²) in [5.74, 6) is -0.280. The average molecular weight is 538 g/mol. The lowest BCUT2D eigenvalue weighted by Crippen LogP contribution is -2.48. The Balaban J connectivity index is 1.10. The van der Waals surface area contributed by atoms with Crippen molar-refractivity contribution in [2.75, 3.05) is 44.2 Å². The van der Waals surface area contributed by atoms with Crippen molar-refractivity contribution in [1.29, 1.82) is 0 Å². The van der Waals surface area contributed by atoms with Crippen LogP contribution in [0.15, 0.2) is 66.9 Å². The molecule has 2 amide bonds. The number of carbonyl (C=O) groups is 2. The van der Waals surface area contributed by atoms with Crippen LogP contribution in [-0.4, -0.2) is 71.9 Å². The van der Waals surface area contributed by atoms with Crippen LogP contribution < -0.4 is 10.2 Å². The normalized spacial score (nSPS) is 18.2. The van der Waals surface area contributed by atoms with Crippen molar-refractivity contribution < 1.29 is 9.59 Å². The summed E-state index contributed by atoms with van der Waals surface area (Å²) in [6.45, 7) is 5.27. The largest absolute Gasteiger partial charge is 0.368 e. The Kier molecular flexibility index (Phi) is 7.93. The number of nitrogens with zero attached hydrogens (tertiary/aromatic N) is 4. The zero-order valence-electron chi connectivity index (χ0n) is 20.4. The summed E-state index contributed by atoms with van der Waals surface area (Å²) in [6, 6.07) is 19.0. The molecule has 0 spiro atoms. The Morgan fingerprint density at radius 1 is 0.865 bits per heavy atom. The van der Waals surface area contributed by atoms with Crippen LogP contribution in [0.25, 0.3) is 0 Å². The van der Waals surface area contributed by atoms with Gasteiger partial charge in [-0.05, 0) is 60.5 Å². The minimum absolute atomic E-state index is 0.0659. The van der Waals surface area contributed by atoms with Crippen molar-refractivity contribution in [3.63, 3.8) is 0 Å². The van der Waals surface area contributed by atoms with Crippen molar-refractivity contribution in [3.05, 3.63) is 93.7 Å². The second kappa shape index (κ2) is 11.5. The summed E-state index contributed by atoms with van der Waals surface area (Å²) in [6.07, 6.45) is 2.39. The number of benzene rings is 2. The lowest BCUT2D eigenvalue weighted by Gasteiger charge is -2.36. The minimum Gasteiger partial charge on any atom is -0.368 e. The minimum atomic E-state index is -0.214. The summed E-state index contributed by atoms with van der Waals surface area (Å²) in [5.41, 5.74) is 3.11.